The Kier molecular flexibility index (Phi) is 2.55. The molecule has 1 nitrogen and oxygen atoms in total. The van der Waals surface area contributed by atoms with E-state index in [0.29, 0.717) is 11.5 Å². The highest BCUT2D eigenvalue weighted by atomic mass is 15.0. The van der Waals surface area contributed by atoms with Crippen molar-refractivity contribution in [1.82, 2.24) is 5.32 Å². The topological polar surface area (TPSA) is 12.0 Å². The number of benzene rings is 1. The predicted octanol–water partition coefficient (Wildman–Crippen LogP) is 4.01. The molecule has 1 aromatic carbocycles. The summed E-state index contributed by atoms with van der Waals surface area (Å²) in [4.78, 5) is 0. The summed E-state index contributed by atoms with van der Waals surface area (Å²) in [7, 11) is 0. The first-order chi connectivity index (χ1) is 8.08. The van der Waals surface area contributed by atoms with Crippen molar-refractivity contribution in [2.75, 3.05) is 0 Å². The third kappa shape index (κ3) is 2.01. The van der Waals surface area contributed by atoms with E-state index in [1.165, 1.54) is 19.3 Å². The van der Waals surface area contributed by atoms with E-state index >= 15 is 0 Å². The molecular formula is C16H23N. The van der Waals surface area contributed by atoms with Crippen molar-refractivity contribution < 1.29 is 0 Å². The second-order valence-corrected chi connectivity index (χ2v) is 6.57. The molecule has 1 fully saturated rings. The quantitative estimate of drug-likeness (QED) is 0.808. The first-order valence-electron chi connectivity index (χ1n) is 6.93. The largest absolute Gasteiger partial charge is 0.307 e. The molecule has 3 rings (SSSR count). The van der Waals surface area contributed by atoms with Crippen LogP contribution in [0.2, 0.25) is 0 Å². The Morgan fingerprint density at radius 3 is 2.41 bits per heavy atom. The predicted molar refractivity (Wildman–Crippen MR) is 72.2 cm³/mol. The molecule has 0 bridgehead atoms. The van der Waals surface area contributed by atoms with Crippen LogP contribution in [0.3, 0.4) is 0 Å². The summed E-state index contributed by atoms with van der Waals surface area (Å²) in [5.41, 5.74) is 3.64. The van der Waals surface area contributed by atoms with E-state index in [1.54, 1.807) is 11.1 Å². The third-order valence-corrected chi connectivity index (χ3v) is 4.71. The van der Waals surface area contributed by atoms with E-state index in [9.17, 15) is 0 Å². The van der Waals surface area contributed by atoms with Gasteiger partial charge in [-0.15, -0.1) is 0 Å². The van der Waals surface area contributed by atoms with Crippen molar-refractivity contribution >= 4 is 0 Å². The van der Waals surface area contributed by atoms with Crippen LogP contribution < -0.4 is 5.32 Å². The van der Waals surface area contributed by atoms with Crippen LogP contribution in [0.4, 0.5) is 0 Å². The molecule has 0 radical (unpaired) electrons. The van der Waals surface area contributed by atoms with Gasteiger partial charge in [-0.05, 0) is 41.7 Å². The fourth-order valence-electron chi connectivity index (χ4n) is 3.17. The molecule has 3 atom stereocenters. The molecule has 1 saturated carbocycles. The summed E-state index contributed by atoms with van der Waals surface area (Å²) < 4.78 is 0. The van der Waals surface area contributed by atoms with E-state index in [2.05, 4.69) is 50.4 Å². The molecule has 2 aliphatic carbocycles. The summed E-state index contributed by atoms with van der Waals surface area (Å²) in [6.45, 7) is 7.08. The van der Waals surface area contributed by atoms with Gasteiger partial charge < -0.3 is 5.32 Å². The van der Waals surface area contributed by atoms with Gasteiger partial charge in [-0.1, -0.05) is 45.0 Å². The molecule has 0 aliphatic heterocycles. The third-order valence-electron chi connectivity index (χ3n) is 4.71. The van der Waals surface area contributed by atoms with Crippen molar-refractivity contribution in [3.63, 3.8) is 0 Å². The molecule has 1 heteroatoms. The monoisotopic (exact) mass is 229 g/mol. The minimum atomic E-state index is 0.526. The van der Waals surface area contributed by atoms with Gasteiger partial charge in [-0.25, -0.2) is 0 Å². The minimum Gasteiger partial charge on any atom is -0.307 e. The highest BCUT2D eigenvalue weighted by Gasteiger charge is 2.46. The lowest BCUT2D eigenvalue weighted by molar-refractivity contribution is 0.405. The van der Waals surface area contributed by atoms with Crippen LogP contribution in [-0.2, 0) is 0 Å². The van der Waals surface area contributed by atoms with E-state index in [4.69, 9.17) is 0 Å². The first kappa shape index (κ1) is 11.3. The molecular weight excluding hydrogens is 206 g/mol. The van der Waals surface area contributed by atoms with Crippen LogP contribution in [0.5, 0.6) is 0 Å². The molecule has 0 saturated heterocycles. The van der Waals surface area contributed by atoms with Crippen molar-refractivity contribution in [1.29, 1.82) is 0 Å². The molecule has 0 heterocycles. The van der Waals surface area contributed by atoms with Crippen molar-refractivity contribution in [2.24, 2.45) is 5.41 Å². The van der Waals surface area contributed by atoms with Crippen molar-refractivity contribution in [3.8, 4) is 0 Å². The van der Waals surface area contributed by atoms with Crippen LogP contribution in [-0.4, -0.2) is 6.04 Å². The Balaban J connectivity index is 1.81. The van der Waals surface area contributed by atoms with Crippen LogP contribution >= 0.6 is 0 Å². The second-order valence-electron chi connectivity index (χ2n) is 6.57. The van der Waals surface area contributed by atoms with Gasteiger partial charge in [0.15, 0.2) is 0 Å². The minimum absolute atomic E-state index is 0.526. The fraction of sp³-hybridized carbons (Fsp3) is 0.625. The lowest BCUT2D eigenvalue weighted by atomic mass is 9.81. The van der Waals surface area contributed by atoms with E-state index in [0.717, 1.165) is 12.0 Å². The Labute approximate surface area is 105 Å². The summed E-state index contributed by atoms with van der Waals surface area (Å²) in [5, 5.41) is 3.86. The molecule has 17 heavy (non-hydrogen) atoms. The molecule has 1 aromatic rings. The Morgan fingerprint density at radius 1 is 1.12 bits per heavy atom. The zero-order valence-electron chi connectivity index (χ0n) is 11.2. The number of nitrogens with one attached hydrogen (secondary N) is 1. The highest BCUT2D eigenvalue weighted by Crippen LogP contribution is 2.47. The average molecular weight is 229 g/mol. The number of fused-ring (bicyclic) bond motifs is 1. The van der Waals surface area contributed by atoms with Gasteiger partial charge in [-0.2, -0.15) is 0 Å². The van der Waals surface area contributed by atoms with Gasteiger partial charge >= 0.3 is 0 Å². The normalized spacial score (nSPS) is 34.2. The molecule has 0 aromatic heterocycles. The molecule has 0 spiro atoms. The van der Waals surface area contributed by atoms with E-state index in [1.807, 2.05) is 0 Å². The van der Waals surface area contributed by atoms with Crippen LogP contribution in [0.1, 0.15) is 63.1 Å². The zero-order chi connectivity index (χ0) is 12.0. The van der Waals surface area contributed by atoms with Gasteiger partial charge in [0.1, 0.15) is 0 Å². The standard InChI is InChI=1S/C16H23N/c1-11-8-9-14(17-15-10-16(15,2)3)13-7-5-4-6-12(11)13/h4-7,11,14-15,17H,8-10H2,1-3H3. The maximum Gasteiger partial charge on any atom is 0.0325 e. The van der Waals surface area contributed by atoms with Gasteiger partial charge in [0.05, 0.1) is 0 Å². The molecule has 3 unspecified atom stereocenters. The smallest absolute Gasteiger partial charge is 0.0325 e. The van der Waals surface area contributed by atoms with E-state index in [-0.39, 0.29) is 0 Å². The molecule has 0 amide bonds. The Morgan fingerprint density at radius 2 is 1.76 bits per heavy atom. The summed E-state index contributed by atoms with van der Waals surface area (Å²) >= 11 is 0. The fourth-order valence-corrected chi connectivity index (χ4v) is 3.17. The highest BCUT2D eigenvalue weighted by molar-refractivity contribution is 5.35. The van der Waals surface area contributed by atoms with Crippen molar-refractivity contribution in [3.05, 3.63) is 35.4 Å². The summed E-state index contributed by atoms with van der Waals surface area (Å²) in [5.74, 6) is 0.733. The Hall–Kier alpha value is -0.820. The molecule has 92 valence electrons. The van der Waals surface area contributed by atoms with Crippen LogP contribution in [0.15, 0.2) is 24.3 Å². The molecule has 1 N–H and O–H groups in total. The summed E-state index contributed by atoms with van der Waals surface area (Å²) in [6, 6.07) is 10.3. The maximum atomic E-state index is 3.86. The maximum absolute atomic E-state index is 3.86. The number of rotatable bonds is 2. The SMILES string of the molecule is CC1CCC(NC2CC2(C)C)c2ccccc21. The van der Waals surface area contributed by atoms with Crippen LogP contribution in [0.25, 0.3) is 0 Å². The van der Waals surface area contributed by atoms with Gasteiger partial charge in [-0.3, -0.25) is 0 Å². The zero-order valence-corrected chi connectivity index (χ0v) is 11.2. The summed E-state index contributed by atoms with van der Waals surface area (Å²) in [6.07, 6.45) is 3.95. The number of hydrogen-bond donors (Lipinski definition) is 1. The molecule has 2 aliphatic rings. The van der Waals surface area contributed by atoms with Gasteiger partial charge in [0.25, 0.3) is 0 Å². The lowest BCUT2D eigenvalue weighted by Gasteiger charge is -2.31. The van der Waals surface area contributed by atoms with Gasteiger partial charge in [0, 0.05) is 12.1 Å². The Bertz CT molecular complexity index is 421. The second kappa shape index (κ2) is 3.84. The van der Waals surface area contributed by atoms with Crippen molar-refractivity contribution in [2.45, 2.75) is 58.0 Å². The number of hydrogen-bond acceptors (Lipinski definition) is 1. The first-order valence-corrected chi connectivity index (χ1v) is 6.93. The van der Waals surface area contributed by atoms with Gasteiger partial charge in [0.2, 0.25) is 0 Å². The van der Waals surface area contributed by atoms with Crippen LogP contribution in [0, 0.1) is 5.41 Å². The lowest BCUT2D eigenvalue weighted by Crippen LogP contribution is -2.29. The average Bonchev–Trinajstić information content (AvgIpc) is 2.91. The van der Waals surface area contributed by atoms with E-state index < -0.39 is 0 Å².